The number of hydrazine groups is 1. The van der Waals surface area contributed by atoms with Gasteiger partial charge in [0.15, 0.2) is 0 Å². The summed E-state index contributed by atoms with van der Waals surface area (Å²) in [4.78, 5) is 0. The Morgan fingerprint density at radius 3 is 2.19 bits per heavy atom. The fraction of sp³-hybridized carbons (Fsp3) is 0.571. The van der Waals surface area contributed by atoms with E-state index in [1.54, 1.807) is 23.9 Å². The second-order valence-corrected chi connectivity index (χ2v) is 7.53. The van der Waals surface area contributed by atoms with Gasteiger partial charge in [0.2, 0.25) is 0 Å². The van der Waals surface area contributed by atoms with E-state index in [4.69, 9.17) is 5.84 Å². The number of nitrogens with two attached hydrogens (primary N) is 1. The lowest BCUT2D eigenvalue weighted by molar-refractivity contribution is -0.274. The third kappa shape index (κ3) is 8.18. The highest BCUT2D eigenvalue weighted by atomic mass is 32.2. The minimum absolute atomic E-state index is 0.0589. The molecular formula is C14H21F3N2OS. The number of thioether (sulfide) groups is 1. The first-order valence-electron chi connectivity index (χ1n) is 6.54. The summed E-state index contributed by atoms with van der Waals surface area (Å²) >= 11 is 1.78. The maximum atomic E-state index is 12.1. The van der Waals surface area contributed by atoms with Crippen molar-refractivity contribution in [2.24, 2.45) is 5.84 Å². The van der Waals surface area contributed by atoms with E-state index in [-0.39, 0.29) is 16.5 Å². The lowest BCUT2D eigenvalue weighted by Crippen LogP contribution is -2.39. The molecule has 0 aliphatic carbocycles. The predicted molar refractivity (Wildman–Crippen MR) is 80.2 cm³/mol. The van der Waals surface area contributed by atoms with Crippen molar-refractivity contribution in [3.05, 3.63) is 29.8 Å². The van der Waals surface area contributed by atoms with Crippen LogP contribution in [-0.2, 0) is 6.42 Å². The smallest absolute Gasteiger partial charge is 0.406 e. The molecule has 120 valence electrons. The van der Waals surface area contributed by atoms with Crippen molar-refractivity contribution < 1.29 is 17.9 Å². The molecule has 0 spiro atoms. The number of hydrogen-bond donors (Lipinski definition) is 2. The molecule has 0 aliphatic rings. The van der Waals surface area contributed by atoms with Crippen LogP contribution in [0.15, 0.2) is 24.3 Å². The zero-order chi connectivity index (χ0) is 16.1. The van der Waals surface area contributed by atoms with E-state index in [0.29, 0.717) is 6.42 Å². The maximum Gasteiger partial charge on any atom is 0.573 e. The molecule has 0 amide bonds. The molecular weight excluding hydrogens is 301 g/mol. The Morgan fingerprint density at radius 1 is 1.19 bits per heavy atom. The Bertz CT molecular complexity index is 429. The van der Waals surface area contributed by atoms with Gasteiger partial charge in [-0.25, -0.2) is 0 Å². The molecule has 0 radical (unpaired) electrons. The van der Waals surface area contributed by atoms with Crippen LogP contribution in [0.4, 0.5) is 13.2 Å². The molecule has 1 aromatic rings. The van der Waals surface area contributed by atoms with Gasteiger partial charge in [0.1, 0.15) is 5.75 Å². The van der Waals surface area contributed by atoms with Crippen LogP contribution < -0.4 is 16.0 Å². The lowest BCUT2D eigenvalue weighted by atomic mass is 10.1. The largest absolute Gasteiger partial charge is 0.573 e. The highest BCUT2D eigenvalue weighted by Gasteiger charge is 2.30. The molecule has 1 rings (SSSR count). The summed E-state index contributed by atoms with van der Waals surface area (Å²) in [5, 5.41) is 0. The standard InChI is InChI=1S/C14H21F3N2OS/c1-13(2,3)21-9-11(19-18)8-10-4-6-12(7-5-10)20-14(15,16)17/h4-7,11,19H,8-9,18H2,1-3H3. The van der Waals surface area contributed by atoms with Crippen LogP contribution in [0.25, 0.3) is 0 Å². The van der Waals surface area contributed by atoms with Gasteiger partial charge in [-0.2, -0.15) is 11.8 Å². The van der Waals surface area contributed by atoms with Gasteiger partial charge < -0.3 is 4.74 Å². The van der Waals surface area contributed by atoms with Gasteiger partial charge in [-0.05, 0) is 24.1 Å². The van der Waals surface area contributed by atoms with Crippen LogP contribution in [0.2, 0.25) is 0 Å². The predicted octanol–water partition coefficient (Wildman–Crippen LogP) is 3.49. The van der Waals surface area contributed by atoms with Gasteiger partial charge in [0.25, 0.3) is 0 Å². The average Bonchev–Trinajstić information content (AvgIpc) is 2.33. The van der Waals surface area contributed by atoms with Crippen LogP contribution in [0.3, 0.4) is 0 Å². The van der Waals surface area contributed by atoms with Gasteiger partial charge in [-0.1, -0.05) is 32.9 Å². The topological polar surface area (TPSA) is 47.3 Å². The summed E-state index contributed by atoms with van der Waals surface area (Å²) in [7, 11) is 0. The van der Waals surface area contributed by atoms with E-state index >= 15 is 0 Å². The molecule has 0 saturated carbocycles. The zero-order valence-corrected chi connectivity index (χ0v) is 13.1. The first-order chi connectivity index (χ1) is 9.59. The fourth-order valence-electron chi connectivity index (χ4n) is 1.63. The molecule has 7 heteroatoms. The van der Waals surface area contributed by atoms with Crippen LogP contribution in [-0.4, -0.2) is 22.9 Å². The summed E-state index contributed by atoms with van der Waals surface area (Å²) in [5.74, 6) is 6.13. The average molecular weight is 322 g/mol. The van der Waals surface area contributed by atoms with Gasteiger partial charge >= 0.3 is 6.36 Å². The van der Waals surface area contributed by atoms with E-state index in [9.17, 15) is 13.2 Å². The third-order valence-electron chi connectivity index (χ3n) is 2.59. The van der Waals surface area contributed by atoms with Gasteiger partial charge in [0.05, 0.1) is 0 Å². The molecule has 1 aromatic carbocycles. The van der Waals surface area contributed by atoms with Crippen molar-refractivity contribution in [2.75, 3.05) is 5.75 Å². The van der Waals surface area contributed by atoms with Crippen molar-refractivity contribution in [3.8, 4) is 5.75 Å². The summed E-state index contributed by atoms with van der Waals surface area (Å²) in [6.07, 6.45) is -4.02. The van der Waals surface area contributed by atoms with Crippen LogP contribution in [0, 0.1) is 0 Å². The van der Waals surface area contributed by atoms with Crippen molar-refractivity contribution in [1.82, 2.24) is 5.43 Å². The second kappa shape index (κ2) is 7.38. The molecule has 0 heterocycles. The van der Waals surface area contributed by atoms with Crippen LogP contribution >= 0.6 is 11.8 Å². The van der Waals surface area contributed by atoms with Crippen molar-refractivity contribution in [1.29, 1.82) is 0 Å². The summed E-state index contributed by atoms with van der Waals surface area (Å²) in [6.45, 7) is 6.36. The normalized spacial score (nSPS) is 14.0. The Labute approximate surface area is 127 Å². The number of alkyl halides is 3. The number of halogens is 3. The molecule has 0 aliphatic heterocycles. The van der Waals surface area contributed by atoms with Gasteiger partial charge in [-0.3, -0.25) is 11.3 Å². The molecule has 0 fully saturated rings. The van der Waals surface area contributed by atoms with E-state index < -0.39 is 6.36 Å². The van der Waals surface area contributed by atoms with Gasteiger partial charge in [-0.15, -0.1) is 13.2 Å². The Hall–Kier alpha value is -0.920. The molecule has 1 unspecified atom stereocenters. The Kier molecular flexibility index (Phi) is 6.37. The van der Waals surface area contributed by atoms with Crippen LogP contribution in [0.5, 0.6) is 5.75 Å². The van der Waals surface area contributed by atoms with Crippen molar-refractivity contribution >= 4 is 11.8 Å². The molecule has 0 bridgehead atoms. The highest BCUT2D eigenvalue weighted by Crippen LogP contribution is 2.25. The zero-order valence-electron chi connectivity index (χ0n) is 12.3. The van der Waals surface area contributed by atoms with E-state index in [0.717, 1.165) is 11.3 Å². The quantitative estimate of drug-likeness (QED) is 0.622. The minimum atomic E-state index is -4.66. The number of benzene rings is 1. The first kappa shape index (κ1) is 18.1. The van der Waals surface area contributed by atoms with Crippen molar-refractivity contribution in [2.45, 2.75) is 44.3 Å². The molecule has 3 N–H and O–H groups in total. The monoisotopic (exact) mass is 322 g/mol. The maximum absolute atomic E-state index is 12.1. The van der Waals surface area contributed by atoms with Gasteiger partial charge in [0, 0.05) is 16.5 Å². The van der Waals surface area contributed by atoms with Crippen LogP contribution in [0.1, 0.15) is 26.3 Å². The number of rotatable bonds is 6. The summed E-state index contributed by atoms with van der Waals surface area (Å²) in [5.41, 5.74) is 3.65. The van der Waals surface area contributed by atoms with E-state index in [1.807, 2.05) is 0 Å². The summed E-state index contributed by atoms with van der Waals surface area (Å²) in [6, 6.07) is 5.92. The summed E-state index contributed by atoms with van der Waals surface area (Å²) < 4.78 is 40.2. The Morgan fingerprint density at radius 2 is 1.76 bits per heavy atom. The lowest BCUT2D eigenvalue weighted by Gasteiger charge is -2.22. The molecule has 21 heavy (non-hydrogen) atoms. The molecule has 0 aromatic heterocycles. The highest BCUT2D eigenvalue weighted by molar-refractivity contribution is 8.00. The third-order valence-corrected chi connectivity index (χ3v) is 4.03. The van der Waals surface area contributed by atoms with E-state index in [2.05, 4.69) is 30.9 Å². The second-order valence-electron chi connectivity index (χ2n) is 5.68. The number of ether oxygens (including phenoxy) is 1. The van der Waals surface area contributed by atoms with E-state index in [1.165, 1.54) is 12.1 Å². The molecule has 0 saturated heterocycles. The molecule has 3 nitrogen and oxygen atoms in total. The fourth-order valence-corrected chi connectivity index (χ4v) is 2.54. The minimum Gasteiger partial charge on any atom is -0.406 e. The SMILES string of the molecule is CC(C)(C)SCC(Cc1ccc(OC(F)(F)F)cc1)NN. The Balaban J connectivity index is 2.57. The number of hydrogen-bond acceptors (Lipinski definition) is 4. The number of nitrogens with one attached hydrogen (secondary N) is 1. The van der Waals surface area contributed by atoms with Crippen molar-refractivity contribution in [3.63, 3.8) is 0 Å². The first-order valence-corrected chi connectivity index (χ1v) is 7.52. The molecule has 1 atom stereocenters.